The second-order valence-corrected chi connectivity index (χ2v) is 18.0. The van der Waals surface area contributed by atoms with Crippen LogP contribution in [0.2, 0.25) is 0 Å². The highest BCUT2D eigenvalue weighted by atomic mass is 31.2. The molecule has 0 aromatic rings. The van der Waals surface area contributed by atoms with Crippen LogP contribution in [0, 0.1) is 0 Å². The van der Waals surface area contributed by atoms with E-state index in [1.807, 2.05) is 18.2 Å². The Hall–Kier alpha value is -3.34. The van der Waals surface area contributed by atoms with Gasteiger partial charge in [0.2, 0.25) is 0 Å². The monoisotopic (exact) mass is 947 g/mol. The van der Waals surface area contributed by atoms with Gasteiger partial charge in [-0.05, 0) is 77.0 Å². The standard InChI is InChI=1S/C54H91O11P/c1-4-7-10-13-16-19-21-23-24-25-26-28-30-33-36-39-42-45-54(58)65-51(47-61-52(56)43-40-37-34-31-18-15-12-9-6-3)49-63-66(59,60)62-48-50(46-55)64-53(57)44-41-38-35-32-29-27-22-20-17-14-11-8-5-2/h7-8,10-11,16-17,19-20,23-24,27,29,35,38,50-51,55H,4-6,9,12-15,18,21-22,25-26,28,30-34,36-37,39-49H2,1-3H3,(H,59,60)/b10-7-,11-8-,19-16-,20-17-,24-23-,29-27-,38-35-. The van der Waals surface area contributed by atoms with Gasteiger partial charge in [-0.3, -0.25) is 23.4 Å². The molecule has 0 spiro atoms. The van der Waals surface area contributed by atoms with Gasteiger partial charge in [-0.25, -0.2) is 4.57 Å². The van der Waals surface area contributed by atoms with Gasteiger partial charge >= 0.3 is 25.7 Å². The maximum atomic E-state index is 12.8. The van der Waals surface area contributed by atoms with Crippen molar-refractivity contribution in [2.24, 2.45) is 0 Å². The van der Waals surface area contributed by atoms with Gasteiger partial charge in [0.25, 0.3) is 0 Å². The Labute approximate surface area is 400 Å². The first-order chi connectivity index (χ1) is 32.2. The molecule has 0 aliphatic rings. The van der Waals surface area contributed by atoms with Crippen molar-refractivity contribution >= 4 is 25.7 Å². The van der Waals surface area contributed by atoms with Crippen molar-refractivity contribution in [1.29, 1.82) is 0 Å². The van der Waals surface area contributed by atoms with Gasteiger partial charge in [-0.2, -0.15) is 0 Å². The minimum atomic E-state index is -4.76. The molecule has 3 atom stereocenters. The van der Waals surface area contributed by atoms with Crippen LogP contribution in [0.15, 0.2) is 85.1 Å². The van der Waals surface area contributed by atoms with E-state index in [4.69, 9.17) is 23.3 Å². The summed E-state index contributed by atoms with van der Waals surface area (Å²) in [6, 6.07) is 0. The Kier molecular flexibility index (Phi) is 45.7. The van der Waals surface area contributed by atoms with E-state index >= 15 is 0 Å². The van der Waals surface area contributed by atoms with Crippen LogP contribution in [0.1, 0.15) is 201 Å². The summed E-state index contributed by atoms with van der Waals surface area (Å²) >= 11 is 0. The number of phosphoric acid groups is 1. The Bertz CT molecular complexity index is 1430. The highest BCUT2D eigenvalue weighted by Gasteiger charge is 2.28. The fourth-order valence-corrected chi connectivity index (χ4v) is 7.28. The smallest absolute Gasteiger partial charge is 0.462 e. The summed E-state index contributed by atoms with van der Waals surface area (Å²) in [6.45, 7) is 4.28. The predicted octanol–water partition coefficient (Wildman–Crippen LogP) is 14.4. The molecule has 0 bridgehead atoms. The third kappa shape index (κ3) is 45.8. The summed E-state index contributed by atoms with van der Waals surface area (Å²) in [6.07, 6.45) is 52.9. The minimum absolute atomic E-state index is 0.0532. The molecule has 0 radical (unpaired) electrons. The summed E-state index contributed by atoms with van der Waals surface area (Å²) in [5, 5.41) is 9.74. The second kappa shape index (κ2) is 48.1. The van der Waals surface area contributed by atoms with E-state index in [9.17, 15) is 28.9 Å². The van der Waals surface area contributed by atoms with Crippen molar-refractivity contribution in [3.8, 4) is 0 Å². The molecule has 11 nitrogen and oxygen atoms in total. The molecule has 0 heterocycles. The lowest BCUT2D eigenvalue weighted by atomic mass is 10.1. The molecule has 2 N–H and O–H groups in total. The van der Waals surface area contributed by atoms with E-state index in [0.29, 0.717) is 19.3 Å². The number of carbonyl (C=O) groups excluding carboxylic acids is 3. The van der Waals surface area contributed by atoms with Gasteiger partial charge < -0.3 is 24.2 Å². The number of esters is 3. The number of carbonyl (C=O) groups is 3. The summed E-state index contributed by atoms with van der Waals surface area (Å²) in [4.78, 5) is 48.2. The van der Waals surface area contributed by atoms with Crippen LogP contribution in [0.3, 0.4) is 0 Å². The summed E-state index contributed by atoms with van der Waals surface area (Å²) in [5.41, 5.74) is 0. The number of hydrogen-bond acceptors (Lipinski definition) is 10. The zero-order chi connectivity index (χ0) is 48.4. The molecule has 0 aliphatic heterocycles. The van der Waals surface area contributed by atoms with Gasteiger partial charge in [0, 0.05) is 19.3 Å². The van der Waals surface area contributed by atoms with Crippen molar-refractivity contribution in [2.75, 3.05) is 26.4 Å². The lowest BCUT2D eigenvalue weighted by Crippen LogP contribution is -2.30. The van der Waals surface area contributed by atoms with E-state index in [-0.39, 0.29) is 25.9 Å². The number of hydrogen-bond donors (Lipinski definition) is 2. The van der Waals surface area contributed by atoms with Gasteiger partial charge in [0.05, 0.1) is 19.8 Å². The molecule has 0 saturated carbocycles. The van der Waals surface area contributed by atoms with Crippen molar-refractivity contribution in [1.82, 2.24) is 0 Å². The van der Waals surface area contributed by atoms with Crippen molar-refractivity contribution in [3.63, 3.8) is 0 Å². The molecule has 3 unspecified atom stereocenters. The van der Waals surface area contributed by atoms with Gasteiger partial charge in [0.15, 0.2) is 6.10 Å². The fourth-order valence-electron chi connectivity index (χ4n) is 6.50. The zero-order valence-electron chi connectivity index (χ0n) is 41.4. The van der Waals surface area contributed by atoms with Crippen LogP contribution < -0.4 is 0 Å². The molecule has 66 heavy (non-hydrogen) atoms. The number of rotatable bonds is 46. The number of phosphoric ester groups is 1. The average Bonchev–Trinajstić information content (AvgIpc) is 3.30. The van der Waals surface area contributed by atoms with Crippen molar-refractivity contribution in [2.45, 2.75) is 213 Å². The Balaban J connectivity index is 4.78. The van der Waals surface area contributed by atoms with Gasteiger partial charge in [0.1, 0.15) is 12.7 Å². The minimum Gasteiger partial charge on any atom is -0.462 e. The fraction of sp³-hybridized carbons (Fsp3) is 0.685. The topological polar surface area (TPSA) is 155 Å². The quantitative estimate of drug-likeness (QED) is 0.0197. The third-order valence-corrected chi connectivity index (χ3v) is 11.3. The second-order valence-electron chi connectivity index (χ2n) is 16.6. The molecule has 0 aromatic heterocycles. The lowest BCUT2D eigenvalue weighted by Gasteiger charge is -2.21. The molecule has 0 rings (SSSR count). The lowest BCUT2D eigenvalue weighted by molar-refractivity contribution is -0.161. The van der Waals surface area contributed by atoms with Crippen molar-refractivity contribution < 1.29 is 52.2 Å². The summed E-state index contributed by atoms with van der Waals surface area (Å²) in [5.74, 6) is -1.57. The molecule has 0 amide bonds. The van der Waals surface area contributed by atoms with E-state index in [1.54, 1.807) is 0 Å². The van der Waals surface area contributed by atoms with E-state index in [2.05, 4.69) is 87.6 Å². The first kappa shape index (κ1) is 62.7. The van der Waals surface area contributed by atoms with Crippen LogP contribution in [-0.2, 0) is 42.2 Å². The molecule has 0 saturated heterocycles. The number of allylic oxidation sites excluding steroid dienone is 14. The van der Waals surface area contributed by atoms with E-state index < -0.39 is 57.8 Å². The normalized spacial score (nSPS) is 14.2. The first-order valence-corrected chi connectivity index (χ1v) is 27.0. The molecule has 0 aromatic carbocycles. The predicted molar refractivity (Wildman–Crippen MR) is 270 cm³/mol. The van der Waals surface area contributed by atoms with Crippen LogP contribution >= 0.6 is 7.82 Å². The number of aliphatic hydroxyl groups excluding tert-OH is 1. The SMILES string of the molecule is CC/C=C\C/C=C\C/C=C\C/C=C\CCC(=O)OC(CO)COP(=O)(O)OCC(COC(=O)CCCCCCCCCCC)OC(=O)CCCCCCCCC/C=C\C/C=C\C/C=C\CC. The van der Waals surface area contributed by atoms with Crippen LogP contribution in [0.4, 0.5) is 0 Å². The average molecular weight is 947 g/mol. The molecular formula is C54H91O11P. The van der Waals surface area contributed by atoms with Crippen LogP contribution in [0.5, 0.6) is 0 Å². The van der Waals surface area contributed by atoms with Crippen LogP contribution in [0.25, 0.3) is 0 Å². The van der Waals surface area contributed by atoms with E-state index in [1.165, 1.54) is 38.5 Å². The molecule has 378 valence electrons. The molecular weight excluding hydrogens is 856 g/mol. The highest BCUT2D eigenvalue weighted by molar-refractivity contribution is 7.47. The van der Waals surface area contributed by atoms with Gasteiger partial charge in [-0.1, -0.05) is 189 Å². The highest BCUT2D eigenvalue weighted by Crippen LogP contribution is 2.43. The Morgan fingerprint density at radius 2 is 0.818 bits per heavy atom. The summed E-state index contributed by atoms with van der Waals surface area (Å²) < 4.78 is 39.2. The van der Waals surface area contributed by atoms with Crippen LogP contribution in [-0.4, -0.2) is 66.5 Å². The number of ether oxygens (including phenoxy) is 3. The zero-order valence-corrected chi connectivity index (χ0v) is 42.3. The molecule has 12 heteroatoms. The maximum absolute atomic E-state index is 12.8. The molecule has 0 fully saturated rings. The first-order valence-electron chi connectivity index (χ1n) is 25.5. The Morgan fingerprint density at radius 1 is 0.439 bits per heavy atom. The molecule has 0 aliphatic carbocycles. The largest absolute Gasteiger partial charge is 0.472 e. The van der Waals surface area contributed by atoms with E-state index in [0.717, 1.165) is 103 Å². The number of aliphatic hydroxyl groups is 1. The van der Waals surface area contributed by atoms with Crippen molar-refractivity contribution in [3.05, 3.63) is 85.1 Å². The van der Waals surface area contributed by atoms with Gasteiger partial charge in [-0.15, -0.1) is 0 Å². The summed E-state index contributed by atoms with van der Waals surface area (Å²) in [7, 11) is -4.76. The third-order valence-electron chi connectivity index (χ3n) is 10.3. The maximum Gasteiger partial charge on any atom is 0.472 e. The Morgan fingerprint density at radius 3 is 1.30 bits per heavy atom. The number of unbranched alkanes of at least 4 members (excludes halogenated alkanes) is 15.